The van der Waals surface area contributed by atoms with Gasteiger partial charge in [0, 0.05) is 28.8 Å². The predicted octanol–water partition coefficient (Wildman–Crippen LogP) is 4.51. The lowest BCUT2D eigenvalue weighted by molar-refractivity contribution is -0.371. The summed E-state index contributed by atoms with van der Waals surface area (Å²) in [6.07, 6.45) is 2.69. The summed E-state index contributed by atoms with van der Waals surface area (Å²) >= 11 is 0. The molecule has 164 valence electrons. The number of ether oxygens (including phenoxy) is 3. The number of benzene rings is 1. The van der Waals surface area contributed by atoms with Crippen LogP contribution in [0.2, 0.25) is 0 Å². The van der Waals surface area contributed by atoms with Gasteiger partial charge in [0.25, 0.3) is 0 Å². The molecule has 2 heterocycles. The van der Waals surface area contributed by atoms with Gasteiger partial charge in [-0.25, -0.2) is 5.01 Å². The number of nitrogens with zero attached hydrogens (tertiary/aromatic N) is 1. The third kappa shape index (κ3) is 4.13. The molecule has 0 aromatic heterocycles. The molecule has 0 bridgehead atoms. The minimum absolute atomic E-state index is 0.148. The van der Waals surface area contributed by atoms with Crippen molar-refractivity contribution in [3.63, 3.8) is 0 Å². The van der Waals surface area contributed by atoms with Crippen LogP contribution >= 0.6 is 0 Å². The number of piperidine rings is 1. The van der Waals surface area contributed by atoms with E-state index in [2.05, 4.69) is 58.7 Å². The zero-order chi connectivity index (χ0) is 21.3. The lowest BCUT2D eigenvalue weighted by Gasteiger charge is -2.64. The molecule has 0 aliphatic carbocycles. The van der Waals surface area contributed by atoms with Gasteiger partial charge in [0.05, 0.1) is 26.4 Å². The first-order chi connectivity index (χ1) is 13.6. The van der Waals surface area contributed by atoms with E-state index in [-0.39, 0.29) is 22.4 Å². The molecule has 3 rings (SSSR count). The van der Waals surface area contributed by atoms with Crippen LogP contribution in [-0.4, -0.2) is 41.7 Å². The Morgan fingerprint density at radius 3 is 2.24 bits per heavy atom. The highest BCUT2D eigenvalue weighted by atomic mass is 16.7. The summed E-state index contributed by atoms with van der Waals surface area (Å²) in [5.41, 5.74) is 0.701. The fourth-order valence-corrected chi connectivity index (χ4v) is 4.94. The Bertz CT molecular complexity index is 674. The standard InChI is InChI=1S/C24H40N2O3/c1-7-22(5)15-24(19(3)23(6,8-2)26(22)25)28-17-21(4,18-29-24)16-27-14-20-12-10-9-11-13-20/h9-13,19H,7-8,14-18,25H2,1-6H3. The Balaban J connectivity index is 1.68. The first kappa shape index (κ1) is 22.7. The van der Waals surface area contributed by atoms with Gasteiger partial charge in [0.15, 0.2) is 5.79 Å². The molecule has 0 saturated carbocycles. The van der Waals surface area contributed by atoms with Crippen molar-refractivity contribution in [2.24, 2.45) is 17.2 Å². The molecule has 29 heavy (non-hydrogen) atoms. The minimum atomic E-state index is -0.593. The van der Waals surface area contributed by atoms with Crippen molar-refractivity contribution in [1.29, 1.82) is 0 Å². The van der Waals surface area contributed by atoms with Crippen molar-refractivity contribution < 1.29 is 14.2 Å². The third-order valence-corrected chi connectivity index (χ3v) is 7.72. The van der Waals surface area contributed by atoms with E-state index in [1.165, 1.54) is 5.56 Å². The van der Waals surface area contributed by atoms with E-state index in [9.17, 15) is 0 Å². The lowest BCUT2D eigenvalue weighted by Crippen LogP contribution is -2.75. The average molecular weight is 405 g/mol. The van der Waals surface area contributed by atoms with E-state index in [1.54, 1.807) is 0 Å². The maximum absolute atomic E-state index is 6.67. The van der Waals surface area contributed by atoms with Crippen LogP contribution in [0, 0.1) is 11.3 Å². The Morgan fingerprint density at radius 1 is 1.07 bits per heavy atom. The molecular formula is C24H40N2O3. The molecule has 1 spiro atoms. The Hall–Kier alpha value is -0.980. The average Bonchev–Trinajstić information content (AvgIpc) is 2.74. The van der Waals surface area contributed by atoms with Gasteiger partial charge < -0.3 is 14.2 Å². The number of hydrazine groups is 1. The normalized spacial score (nSPS) is 41.0. The van der Waals surface area contributed by atoms with Crippen LogP contribution < -0.4 is 5.84 Å². The number of nitrogens with two attached hydrogens (primary N) is 1. The maximum Gasteiger partial charge on any atom is 0.174 e. The summed E-state index contributed by atoms with van der Waals surface area (Å²) in [5.74, 6) is 6.24. The second kappa shape index (κ2) is 8.27. The quantitative estimate of drug-likeness (QED) is 0.707. The van der Waals surface area contributed by atoms with Crippen molar-refractivity contribution in [1.82, 2.24) is 5.01 Å². The molecule has 5 heteroatoms. The second-order valence-electron chi connectivity index (χ2n) is 10.0. The highest BCUT2D eigenvalue weighted by Crippen LogP contribution is 2.52. The molecule has 1 aromatic rings. The molecule has 2 aliphatic rings. The van der Waals surface area contributed by atoms with Crippen LogP contribution in [0.15, 0.2) is 30.3 Å². The van der Waals surface area contributed by atoms with Crippen molar-refractivity contribution in [3.05, 3.63) is 35.9 Å². The fourth-order valence-electron chi connectivity index (χ4n) is 4.94. The summed E-state index contributed by atoms with van der Waals surface area (Å²) in [4.78, 5) is 0. The molecule has 0 radical (unpaired) electrons. The van der Waals surface area contributed by atoms with Gasteiger partial charge in [-0.3, -0.25) is 5.84 Å². The maximum atomic E-state index is 6.67. The van der Waals surface area contributed by atoms with Gasteiger partial charge in [-0.1, -0.05) is 58.0 Å². The van der Waals surface area contributed by atoms with Gasteiger partial charge in [-0.05, 0) is 32.3 Å². The Morgan fingerprint density at radius 2 is 1.69 bits per heavy atom. The van der Waals surface area contributed by atoms with Crippen molar-refractivity contribution in [3.8, 4) is 0 Å². The van der Waals surface area contributed by atoms with E-state index in [0.717, 1.165) is 19.3 Å². The van der Waals surface area contributed by atoms with Crippen LogP contribution in [0.3, 0.4) is 0 Å². The first-order valence-corrected chi connectivity index (χ1v) is 11.1. The molecule has 3 atom stereocenters. The zero-order valence-electron chi connectivity index (χ0n) is 19.2. The molecular weight excluding hydrogens is 364 g/mol. The molecule has 2 N–H and O–H groups in total. The molecule has 2 aliphatic heterocycles. The Labute approximate surface area is 176 Å². The molecule has 3 unspecified atom stereocenters. The molecule has 5 nitrogen and oxygen atoms in total. The van der Waals surface area contributed by atoms with Crippen LogP contribution in [0.1, 0.15) is 66.4 Å². The van der Waals surface area contributed by atoms with Gasteiger partial charge in [0.2, 0.25) is 0 Å². The summed E-state index contributed by atoms with van der Waals surface area (Å²) in [6, 6.07) is 10.3. The van der Waals surface area contributed by atoms with Gasteiger partial charge in [-0.15, -0.1) is 0 Å². The van der Waals surface area contributed by atoms with E-state index >= 15 is 0 Å². The number of hydrogen-bond donors (Lipinski definition) is 1. The smallest absolute Gasteiger partial charge is 0.174 e. The lowest BCUT2D eigenvalue weighted by atomic mass is 9.66. The molecule has 2 saturated heterocycles. The van der Waals surface area contributed by atoms with Crippen molar-refractivity contribution >= 4 is 0 Å². The van der Waals surface area contributed by atoms with Gasteiger partial charge in [-0.2, -0.15) is 0 Å². The molecule has 2 fully saturated rings. The minimum Gasteiger partial charge on any atom is -0.376 e. The van der Waals surface area contributed by atoms with Crippen LogP contribution in [0.5, 0.6) is 0 Å². The van der Waals surface area contributed by atoms with E-state index in [0.29, 0.717) is 26.4 Å². The summed E-state index contributed by atoms with van der Waals surface area (Å²) < 4.78 is 19.2. The van der Waals surface area contributed by atoms with Crippen molar-refractivity contribution in [2.75, 3.05) is 19.8 Å². The number of hydrogen-bond acceptors (Lipinski definition) is 5. The molecule has 1 aromatic carbocycles. The highest BCUT2D eigenvalue weighted by Gasteiger charge is 2.62. The van der Waals surface area contributed by atoms with Gasteiger partial charge in [0.1, 0.15) is 0 Å². The second-order valence-corrected chi connectivity index (χ2v) is 10.0. The van der Waals surface area contributed by atoms with Gasteiger partial charge >= 0.3 is 0 Å². The summed E-state index contributed by atoms with van der Waals surface area (Å²) in [5, 5.41) is 2.08. The third-order valence-electron chi connectivity index (χ3n) is 7.72. The van der Waals surface area contributed by atoms with E-state index in [4.69, 9.17) is 20.1 Å². The highest BCUT2D eigenvalue weighted by molar-refractivity contribution is 5.13. The Kier molecular flexibility index (Phi) is 6.48. The molecule has 0 amide bonds. The fraction of sp³-hybridized carbons (Fsp3) is 0.750. The summed E-state index contributed by atoms with van der Waals surface area (Å²) in [7, 11) is 0. The monoisotopic (exact) mass is 404 g/mol. The van der Waals surface area contributed by atoms with E-state index in [1.807, 2.05) is 18.2 Å². The van der Waals surface area contributed by atoms with E-state index < -0.39 is 5.79 Å². The van der Waals surface area contributed by atoms with Crippen LogP contribution in [0.4, 0.5) is 0 Å². The van der Waals surface area contributed by atoms with Crippen LogP contribution in [-0.2, 0) is 20.8 Å². The predicted molar refractivity (Wildman–Crippen MR) is 116 cm³/mol. The summed E-state index contributed by atoms with van der Waals surface area (Å²) in [6.45, 7) is 15.8. The van der Waals surface area contributed by atoms with Crippen molar-refractivity contribution in [2.45, 2.75) is 84.3 Å². The SMILES string of the molecule is CCC1(C)CC2(OCC(C)(COCc3ccccc3)CO2)C(C)C(C)(CC)N1N. The zero-order valence-corrected chi connectivity index (χ0v) is 19.2. The topological polar surface area (TPSA) is 57.0 Å². The van der Waals surface area contributed by atoms with Crippen LogP contribution in [0.25, 0.3) is 0 Å². The largest absolute Gasteiger partial charge is 0.376 e. The first-order valence-electron chi connectivity index (χ1n) is 11.1. The number of rotatable bonds is 6.